The summed E-state index contributed by atoms with van der Waals surface area (Å²) in [6, 6.07) is 3.94. The van der Waals surface area contributed by atoms with Crippen LogP contribution in [-0.4, -0.2) is 18.1 Å². The third-order valence-corrected chi connectivity index (χ3v) is 2.33. The van der Waals surface area contributed by atoms with Crippen LogP contribution in [0.25, 0.3) is 0 Å². The number of hydrogen-bond acceptors (Lipinski definition) is 3. The zero-order valence-corrected chi connectivity index (χ0v) is 9.70. The first-order valence-electron chi connectivity index (χ1n) is 4.95. The predicted octanol–water partition coefficient (Wildman–Crippen LogP) is 2.13. The minimum atomic E-state index is -0.517. The molecule has 1 rings (SSSR count). The standard InChI is InChI=1S/C12H17NO2/c1-9-5-6-10(13-8-9)7-12(2,3)11(14)15-4/h5-6,8H,7H2,1-4H3. The number of carbonyl (C=O) groups excluding carboxylic acids is 1. The molecule has 0 aliphatic heterocycles. The number of aryl methyl sites for hydroxylation is 1. The Morgan fingerprint density at radius 1 is 1.47 bits per heavy atom. The number of esters is 1. The van der Waals surface area contributed by atoms with Crippen LogP contribution in [0.15, 0.2) is 18.3 Å². The number of hydrogen-bond donors (Lipinski definition) is 0. The third kappa shape index (κ3) is 3.05. The molecule has 1 aromatic rings. The van der Waals surface area contributed by atoms with Crippen LogP contribution < -0.4 is 0 Å². The van der Waals surface area contributed by atoms with Crippen molar-refractivity contribution in [2.45, 2.75) is 27.2 Å². The van der Waals surface area contributed by atoms with Gasteiger partial charge in [0.1, 0.15) is 0 Å². The Morgan fingerprint density at radius 2 is 2.13 bits per heavy atom. The summed E-state index contributed by atoms with van der Waals surface area (Å²) in [6.45, 7) is 5.71. The number of pyridine rings is 1. The van der Waals surface area contributed by atoms with Crippen molar-refractivity contribution < 1.29 is 9.53 Å². The Labute approximate surface area is 90.5 Å². The number of rotatable bonds is 3. The predicted molar refractivity (Wildman–Crippen MR) is 58.5 cm³/mol. The summed E-state index contributed by atoms with van der Waals surface area (Å²) in [5, 5.41) is 0. The van der Waals surface area contributed by atoms with Crippen LogP contribution in [-0.2, 0) is 16.0 Å². The molecule has 0 spiro atoms. The van der Waals surface area contributed by atoms with Gasteiger partial charge in [0.05, 0.1) is 12.5 Å². The van der Waals surface area contributed by atoms with Gasteiger partial charge in [-0.1, -0.05) is 6.07 Å². The molecule has 0 aliphatic rings. The molecule has 0 aliphatic carbocycles. The van der Waals surface area contributed by atoms with E-state index in [4.69, 9.17) is 4.74 Å². The zero-order chi connectivity index (χ0) is 11.5. The number of nitrogens with zero attached hydrogens (tertiary/aromatic N) is 1. The normalized spacial score (nSPS) is 11.2. The van der Waals surface area contributed by atoms with Crippen molar-refractivity contribution >= 4 is 5.97 Å². The molecule has 3 heteroatoms. The van der Waals surface area contributed by atoms with E-state index in [0.717, 1.165) is 11.3 Å². The van der Waals surface area contributed by atoms with Gasteiger partial charge in [0.15, 0.2) is 0 Å². The van der Waals surface area contributed by atoms with E-state index in [-0.39, 0.29) is 5.97 Å². The molecule has 1 aromatic heterocycles. The van der Waals surface area contributed by atoms with E-state index in [1.807, 2.05) is 39.1 Å². The molecule has 0 aromatic carbocycles. The topological polar surface area (TPSA) is 39.2 Å². The maximum Gasteiger partial charge on any atom is 0.311 e. The molecule has 0 saturated heterocycles. The SMILES string of the molecule is COC(=O)C(C)(C)Cc1ccc(C)cn1. The average Bonchev–Trinajstić information content (AvgIpc) is 2.20. The van der Waals surface area contributed by atoms with E-state index in [1.54, 1.807) is 0 Å². The second-order valence-electron chi connectivity index (χ2n) is 4.38. The van der Waals surface area contributed by atoms with Gasteiger partial charge in [-0.3, -0.25) is 9.78 Å². The molecule has 0 fully saturated rings. The smallest absolute Gasteiger partial charge is 0.311 e. The first-order chi connectivity index (χ1) is 6.95. The van der Waals surface area contributed by atoms with Crippen molar-refractivity contribution in [1.82, 2.24) is 4.98 Å². The quantitative estimate of drug-likeness (QED) is 0.713. The molecule has 0 radical (unpaired) electrons. The molecule has 0 unspecified atom stereocenters. The van der Waals surface area contributed by atoms with Crippen LogP contribution in [0, 0.1) is 12.3 Å². The highest BCUT2D eigenvalue weighted by atomic mass is 16.5. The Bertz CT molecular complexity index is 341. The molecule has 0 saturated carbocycles. The molecule has 0 atom stereocenters. The minimum absolute atomic E-state index is 0.204. The van der Waals surface area contributed by atoms with Gasteiger partial charge in [-0.15, -0.1) is 0 Å². The van der Waals surface area contributed by atoms with Crippen molar-refractivity contribution in [3.8, 4) is 0 Å². The molecule has 3 nitrogen and oxygen atoms in total. The van der Waals surface area contributed by atoms with Crippen molar-refractivity contribution in [1.29, 1.82) is 0 Å². The van der Waals surface area contributed by atoms with Gasteiger partial charge in [0.2, 0.25) is 0 Å². The molecular formula is C12H17NO2. The van der Waals surface area contributed by atoms with Crippen molar-refractivity contribution in [3.63, 3.8) is 0 Å². The van der Waals surface area contributed by atoms with Gasteiger partial charge in [-0.25, -0.2) is 0 Å². The van der Waals surface area contributed by atoms with E-state index in [2.05, 4.69) is 4.98 Å². The monoisotopic (exact) mass is 207 g/mol. The van der Waals surface area contributed by atoms with Gasteiger partial charge < -0.3 is 4.74 Å². The van der Waals surface area contributed by atoms with E-state index >= 15 is 0 Å². The molecule has 0 amide bonds. The highest BCUT2D eigenvalue weighted by molar-refractivity contribution is 5.76. The Balaban J connectivity index is 2.77. The number of methoxy groups -OCH3 is 1. The average molecular weight is 207 g/mol. The lowest BCUT2D eigenvalue weighted by atomic mass is 9.88. The molecule has 15 heavy (non-hydrogen) atoms. The van der Waals surface area contributed by atoms with Crippen molar-refractivity contribution in [3.05, 3.63) is 29.6 Å². The largest absolute Gasteiger partial charge is 0.469 e. The summed E-state index contributed by atoms with van der Waals surface area (Å²) in [6.07, 6.45) is 2.41. The maximum atomic E-state index is 11.5. The summed E-state index contributed by atoms with van der Waals surface area (Å²) < 4.78 is 4.74. The second-order valence-corrected chi connectivity index (χ2v) is 4.38. The number of carbonyl (C=O) groups is 1. The summed E-state index contributed by atoms with van der Waals surface area (Å²) in [7, 11) is 1.41. The molecule has 82 valence electrons. The lowest BCUT2D eigenvalue weighted by Crippen LogP contribution is -2.28. The first kappa shape index (κ1) is 11.7. The Hall–Kier alpha value is -1.38. The van der Waals surface area contributed by atoms with Crippen LogP contribution >= 0.6 is 0 Å². The molecular weight excluding hydrogens is 190 g/mol. The summed E-state index contributed by atoms with van der Waals surface area (Å²) in [5.41, 5.74) is 1.52. The Morgan fingerprint density at radius 3 is 2.60 bits per heavy atom. The van der Waals surface area contributed by atoms with E-state index < -0.39 is 5.41 Å². The lowest BCUT2D eigenvalue weighted by Gasteiger charge is -2.20. The molecule has 1 heterocycles. The minimum Gasteiger partial charge on any atom is -0.469 e. The summed E-state index contributed by atoms with van der Waals surface area (Å²) in [5.74, 6) is -0.204. The fraction of sp³-hybridized carbons (Fsp3) is 0.500. The van der Waals surface area contributed by atoms with Crippen molar-refractivity contribution in [2.24, 2.45) is 5.41 Å². The summed E-state index contributed by atoms with van der Waals surface area (Å²) >= 11 is 0. The van der Waals surface area contributed by atoms with Crippen molar-refractivity contribution in [2.75, 3.05) is 7.11 Å². The Kier molecular flexibility index (Phi) is 3.45. The number of aromatic nitrogens is 1. The van der Waals surface area contributed by atoms with Gasteiger partial charge >= 0.3 is 5.97 Å². The highest BCUT2D eigenvalue weighted by Gasteiger charge is 2.29. The molecule has 0 bridgehead atoms. The highest BCUT2D eigenvalue weighted by Crippen LogP contribution is 2.22. The fourth-order valence-electron chi connectivity index (χ4n) is 1.40. The fourth-order valence-corrected chi connectivity index (χ4v) is 1.40. The van der Waals surface area contributed by atoms with Crippen LogP contribution in [0.3, 0.4) is 0 Å². The van der Waals surface area contributed by atoms with E-state index in [9.17, 15) is 4.79 Å². The zero-order valence-electron chi connectivity index (χ0n) is 9.70. The van der Waals surface area contributed by atoms with Gasteiger partial charge in [-0.2, -0.15) is 0 Å². The van der Waals surface area contributed by atoms with Crippen LogP contribution in [0.2, 0.25) is 0 Å². The van der Waals surface area contributed by atoms with Gasteiger partial charge in [0.25, 0.3) is 0 Å². The second kappa shape index (κ2) is 4.43. The van der Waals surface area contributed by atoms with Crippen LogP contribution in [0.1, 0.15) is 25.1 Å². The molecule has 0 N–H and O–H groups in total. The van der Waals surface area contributed by atoms with Crippen LogP contribution in [0.5, 0.6) is 0 Å². The van der Waals surface area contributed by atoms with Crippen LogP contribution in [0.4, 0.5) is 0 Å². The van der Waals surface area contributed by atoms with E-state index in [0.29, 0.717) is 6.42 Å². The third-order valence-electron chi connectivity index (χ3n) is 2.33. The van der Waals surface area contributed by atoms with E-state index in [1.165, 1.54) is 7.11 Å². The first-order valence-corrected chi connectivity index (χ1v) is 4.95. The number of ether oxygens (including phenoxy) is 1. The summed E-state index contributed by atoms with van der Waals surface area (Å²) in [4.78, 5) is 15.7. The lowest BCUT2D eigenvalue weighted by molar-refractivity contribution is -0.150. The van der Waals surface area contributed by atoms with Gasteiger partial charge in [0, 0.05) is 18.3 Å². The maximum absolute atomic E-state index is 11.5. The van der Waals surface area contributed by atoms with Gasteiger partial charge in [-0.05, 0) is 32.4 Å².